The molecule has 0 spiro atoms. The predicted octanol–water partition coefficient (Wildman–Crippen LogP) is 1.67. The molecule has 0 unspecified atom stereocenters. The maximum absolute atomic E-state index is 11.9. The first-order chi connectivity index (χ1) is 9.73. The zero-order valence-electron chi connectivity index (χ0n) is 12.1. The van der Waals surface area contributed by atoms with Crippen LogP contribution in [0.3, 0.4) is 0 Å². The van der Waals surface area contributed by atoms with E-state index in [1.165, 1.54) is 12.1 Å². The van der Waals surface area contributed by atoms with Gasteiger partial charge in [-0.05, 0) is 18.4 Å². The molecule has 1 aromatic rings. The van der Waals surface area contributed by atoms with Crippen LogP contribution in [0.15, 0.2) is 18.2 Å². The molecule has 7 heteroatoms. The van der Waals surface area contributed by atoms with Crippen molar-refractivity contribution in [1.29, 1.82) is 0 Å². The number of rotatable bonds is 6. The Morgan fingerprint density at radius 1 is 1.38 bits per heavy atom. The highest BCUT2D eigenvalue weighted by atomic mass is 16.6. The van der Waals surface area contributed by atoms with Gasteiger partial charge in [-0.3, -0.25) is 14.9 Å². The number of carbonyl (C=O) groups is 2. The topological polar surface area (TPSA) is 110 Å². The van der Waals surface area contributed by atoms with Crippen molar-refractivity contribution in [2.45, 2.75) is 33.2 Å². The monoisotopic (exact) mass is 294 g/mol. The smallest absolute Gasteiger partial charge is 0.326 e. The third-order valence-electron chi connectivity index (χ3n) is 3.21. The Labute approximate surface area is 122 Å². The lowest BCUT2D eigenvalue weighted by Crippen LogP contribution is -2.44. The average Bonchev–Trinajstić information content (AvgIpc) is 2.37. The van der Waals surface area contributed by atoms with Crippen LogP contribution < -0.4 is 5.32 Å². The minimum Gasteiger partial charge on any atom is -0.480 e. The van der Waals surface area contributed by atoms with Crippen LogP contribution in [0.2, 0.25) is 0 Å². The molecule has 0 aliphatic heterocycles. The van der Waals surface area contributed by atoms with Crippen LogP contribution in [-0.4, -0.2) is 27.9 Å². The number of aliphatic carboxylic acids is 1. The first kappa shape index (κ1) is 16.6. The molecule has 21 heavy (non-hydrogen) atoms. The van der Waals surface area contributed by atoms with Crippen LogP contribution in [0.4, 0.5) is 5.69 Å². The second-order valence-corrected chi connectivity index (χ2v) is 5.12. The molecule has 1 atom stereocenters. The van der Waals surface area contributed by atoms with E-state index in [2.05, 4.69) is 5.32 Å². The van der Waals surface area contributed by atoms with Crippen LogP contribution in [-0.2, 0) is 16.0 Å². The van der Waals surface area contributed by atoms with E-state index in [0.29, 0.717) is 11.1 Å². The molecule has 0 aliphatic rings. The quantitative estimate of drug-likeness (QED) is 0.612. The lowest BCUT2D eigenvalue weighted by molar-refractivity contribution is -0.385. The Balaban J connectivity index is 2.87. The second-order valence-electron chi connectivity index (χ2n) is 5.12. The predicted molar refractivity (Wildman–Crippen MR) is 75.9 cm³/mol. The Kier molecular flexibility index (Phi) is 5.40. The van der Waals surface area contributed by atoms with Crippen molar-refractivity contribution < 1.29 is 19.6 Å². The lowest BCUT2D eigenvalue weighted by Gasteiger charge is -2.18. The van der Waals surface area contributed by atoms with E-state index in [0.717, 1.165) is 0 Å². The SMILES string of the molecule is Cc1c(CC(=O)N[C@H](C(=O)O)C(C)C)cccc1[N+](=O)[O-]. The molecule has 2 N–H and O–H groups in total. The van der Waals surface area contributed by atoms with E-state index in [1.54, 1.807) is 26.8 Å². The summed E-state index contributed by atoms with van der Waals surface area (Å²) in [6.07, 6.45) is -0.0932. The second kappa shape index (κ2) is 6.83. The van der Waals surface area contributed by atoms with Gasteiger partial charge in [-0.25, -0.2) is 4.79 Å². The maximum atomic E-state index is 11.9. The Morgan fingerprint density at radius 2 is 2.00 bits per heavy atom. The molecule has 0 saturated carbocycles. The zero-order valence-corrected chi connectivity index (χ0v) is 12.1. The van der Waals surface area contributed by atoms with Gasteiger partial charge in [0.25, 0.3) is 5.69 Å². The van der Waals surface area contributed by atoms with E-state index in [-0.39, 0.29) is 18.0 Å². The van der Waals surface area contributed by atoms with Crippen LogP contribution >= 0.6 is 0 Å². The highest BCUT2D eigenvalue weighted by Gasteiger charge is 2.24. The third-order valence-corrected chi connectivity index (χ3v) is 3.21. The lowest BCUT2D eigenvalue weighted by atomic mass is 10.0. The Morgan fingerprint density at radius 3 is 2.48 bits per heavy atom. The number of benzene rings is 1. The summed E-state index contributed by atoms with van der Waals surface area (Å²) in [5.74, 6) is -1.83. The van der Waals surface area contributed by atoms with Crippen molar-refractivity contribution in [2.75, 3.05) is 0 Å². The largest absolute Gasteiger partial charge is 0.480 e. The minimum absolute atomic E-state index is 0.0565. The molecule has 0 bridgehead atoms. The molecule has 1 rings (SSSR count). The molecular weight excluding hydrogens is 276 g/mol. The summed E-state index contributed by atoms with van der Waals surface area (Å²) < 4.78 is 0. The number of nitrogens with one attached hydrogen (secondary N) is 1. The molecule has 0 aromatic heterocycles. The fourth-order valence-electron chi connectivity index (χ4n) is 1.97. The van der Waals surface area contributed by atoms with Crippen molar-refractivity contribution in [3.63, 3.8) is 0 Å². The van der Waals surface area contributed by atoms with Gasteiger partial charge in [-0.1, -0.05) is 26.0 Å². The number of hydrogen-bond acceptors (Lipinski definition) is 4. The molecule has 7 nitrogen and oxygen atoms in total. The number of nitro benzene ring substituents is 1. The number of carboxylic acids is 1. The minimum atomic E-state index is -1.10. The van der Waals surface area contributed by atoms with Crippen LogP contribution in [0.1, 0.15) is 25.0 Å². The van der Waals surface area contributed by atoms with Gasteiger partial charge in [0, 0.05) is 11.6 Å². The highest BCUT2D eigenvalue weighted by molar-refractivity contribution is 5.85. The summed E-state index contributed by atoms with van der Waals surface area (Å²) in [7, 11) is 0. The number of carbonyl (C=O) groups excluding carboxylic acids is 1. The van der Waals surface area contributed by atoms with Gasteiger partial charge in [0.2, 0.25) is 5.91 Å². The van der Waals surface area contributed by atoms with E-state index < -0.39 is 22.8 Å². The average molecular weight is 294 g/mol. The molecular formula is C14H18N2O5. The number of hydrogen-bond donors (Lipinski definition) is 2. The van der Waals surface area contributed by atoms with Gasteiger partial charge >= 0.3 is 5.97 Å². The Bertz CT molecular complexity index is 568. The van der Waals surface area contributed by atoms with Gasteiger partial charge in [-0.2, -0.15) is 0 Å². The van der Waals surface area contributed by atoms with Crippen LogP contribution in [0.25, 0.3) is 0 Å². The summed E-state index contributed by atoms with van der Waals surface area (Å²) in [5, 5.41) is 22.3. The molecule has 0 aliphatic carbocycles. The standard InChI is InChI=1S/C14H18N2O5/c1-8(2)13(14(18)19)15-12(17)7-10-5-4-6-11(9(10)3)16(20)21/h4-6,8,13H,7H2,1-3H3,(H,15,17)(H,18,19)/t13-/m0/s1. The number of nitrogens with zero attached hydrogens (tertiary/aromatic N) is 1. The highest BCUT2D eigenvalue weighted by Crippen LogP contribution is 2.21. The number of amides is 1. The molecule has 1 amide bonds. The summed E-state index contributed by atoms with van der Waals surface area (Å²) in [4.78, 5) is 33.3. The van der Waals surface area contributed by atoms with Gasteiger partial charge in [-0.15, -0.1) is 0 Å². The van der Waals surface area contributed by atoms with Crippen molar-refractivity contribution >= 4 is 17.6 Å². The fourth-order valence-corrected chi connectivity index (χ4v) is 1.97. The summed E-state index contributed by atoms with van der Waals surface area (Å²) in [6.45, 7) is 4.95. The summed E-state index contributed by atoms with van der Waals surface area (Å²) in [6, 6.07) is 3.51. The van der Waals surface area contributed by atoms with Crippen molar-refractivity contribution in [2.24, 2.45) is 5.92 Å². The zero-order chi connectivity index (χ0) is 16.2. The van der Waals surface area contributed by atoms with E-state index >= 15 is 0 Å². The molecule has 0 fully saturated rings. The fraction of sp³-hybridized carbons (Fsp3) is 0.429. The van der Waals surface area contributed by atoms with Gasteiger partial charge < -0.3 is 10.4 Å². The summed E-state index contributed by atoms with van der Waals surface area (Å²) >= 11 is 0. The molecule has 1 aromatic carbocycles. The number of carboxylic acid groups (broad SMARTS) is 1. The molecule has 0 heterocycles. The van der Waals surface area contributed by atoms with Gasteiger partial charge in [0.1, 0.15) is 6.04 Å². The van der Waals surface area contributed by atoms with Crippen LogP contribution in [0, 0.1) is 23.0 Å². The van der Waals surface area contributed by atoms with E-state index in [1.807, 2.05) is 0 Å². The third kappa shape index (κ3) is 4.27. The van der Waals surface area contributed by atoms with Crippen molar-refractivity contribution in [3.8, 4) is 0 Å². The maximum Gasteiger partial charge on any atom is 0.326 e. The molecule has 0 saturated heterocycles. The van der Waals surface area contributed by atoms with E-state index in [9.17, 15) is 19.7 Å². The Hall–Kier alpha value is -2.44. The van der Waals surface area contributed by atoms with Crippen molar-refractivity contribution in [1.82, 2.24) is 5.32 Å². The van der Waals surface area contributed by atoms with Crippen LogP contribution in [0.5, 0.6) is 0 Å². The van der Waals surface area contributed by atoms with Gasteiger partial charge in [0.05, 0.1) is 11.3 Å². The summed E-state index contributed by atoms with van der Waals surface area (Å²) in [5.41, 5.74) is 0.864. The molecule has 114 valence electrons. The van der Waals surface area contributed by atoms with Crippen molar-refractivity contribution in [3.05, 3.63) is 39.4 Å². The first-order valence-corrected chi connectivity index (χ1v) is 6.49. The number of nitro groups is 1. The molecule has 0 radical (unpaired) electrons. The normalized spacial score (nSPS) is 12.0. The van der Waals surface area contributed by atoms with Gasteiger partial charge in [0.15, 0.2) is 0 Å². The first-order valence-electron chi connectivity index (χ1n) is 6.49. The van der Waals surface area contributed by atoms with E-state index in [4.69, 9.17) is 5.11 Å².